The summed E-state index contributed by atoms with van der Waals surface area (Å²) in [6, 6.07) is 1.70. The Hall–Kier alpha value is -1.16. The van der Waals surface area contributed by atoms with Crippen LogP contribution in [0.2, 0.25) is 0 Å². The number of ketones is 1. The predicted octanol–water partition coefficient (Wildman–Crippen LogP) is 1.12. The van der Waals surface area contributed by atoms with Crippen LogP contribution in [-0.4, -0.2) is 21.1 Å². The van der Waals surface area contributed by atoms with E-state index in [0.717, 1.165) is 0 Å². The minimum Gasteiger partial charge on any atom is -0.319 e. The van der Waals surface area contributed by atoms with Crippen LogP contribution in [-0.2, 0) is 7.05 Å². The number of aromatic nitrogens is 2. The zero-order chi connectivity index (χ0) is 10.8. The summed E-state index contributed by atoms with van der Waals surface area (Å²) in [6.07, 6.45) is 3.02. The van der Waals surface area contributed by atoms with Gasteiger partial charge < -0.3 is 5.73 Å². The molecular formula is C10H17N3O. The first kappa shape index (κ1) is 10.9. The topological polar surface area (TPSA) is 60.9 Å². The second kappa shape index (κ2) is 3.92. The Labute approximate surface area is 84.1 Å². The minimum atomic E-state index is -0.756. The number of carbonyl (C=O) groups is 1. The van der Waals surface area contributed by atoms with Crippen LogP contribution in [0.15, 0.2) is 12.3 Å². The molecule has 1 aromatic heterocycles. The van der Waals surface area contributed by atoms with Crippen molar-refractivity contribution in [1.82, 2.24) is 9.78 Å². The summed E-state index contributed by atoms with van der Waals surface area (Å²) in [6.45, 7) is 3.84. The molecule has 1 heterocycles. The lowest BCUT2D eigenvalue weighted by molar-refractivity contribution is 0.0873. The lowest BCUT2D eigenvalue weighted by Gasteiger charge is -2.23. The number of Topliss-reactive ketones (excluding diaryl/α,β-unsaturated/α-hetero) is 1. The van der Waals surface area contributed by atoms with Gasteiger partial charge in [0.05, 0.1) is 5.54 Å². The van der Waals surface area contributed by atoms with Crippen LogP contribution >= 0.6 is 0 Å². The van der Waals surface area contributed by atoms with Crippen molar-refractivity contribution in [1.29, 1.82) is 0 Å². The third kappa shape index (κ3) is 1.85. The molecule has 4 heteroatoms. The van der Waals surface area contributed by atoms with Crippen LogP contribution in [0.1, 0.15) is 37.2 Å². The van der Waals surface area contributed by atoms with Gasteiger partial charge in [0.1, 0.15) is 5.69 Å². The Morgan fingerprint density at radius 1 is 1.57 bits per heavy atom. The van der Waals surface area contributed by atoms with Gasteiger partial charge in [-0.15, -0.1) is 0 Å². The molecule has 0 bridgehead atoms. The summed E-state index contributed by atoms with van der Waals surface area (Å²) in [5.74, 6) is -0.0666. The average Bonchev–Trinajstić information content (AvgIpc) is 2.62. The fraction of sp³-hybridized carbons (Fsp3) is 0.600. The maximum absolute atomic E-state index is 11.9. The zero-order valence-electron chi connectivity index (χ0n) is 8.95. The maximum Gasteiger partial charge on any atom is 0.202 e. The number of carbonyl (C=O) groups excluding carboxylic acids is 1. The van der Waals surface area contributed by atoms with Crippen LogP contribution in [0.4, 0.5) is 0 Å². The lowest BCUT2D eigenvalue weighted by atomic mass is 9.88. The molecule has 78 valence electrons. The first-order chi connectivity index (χ1) is 6.53. The molecule has 0 radical (unpaired) electrons. The number of hydrogen-bond donors (Lipinski definition) is 1. The molecule has 0 unspecified atom stereocenters. The fourth-order valence-corrected chi connectivity index (χ4v) is 1.36. The highest BCUT2D eigenvalue weighted by atomic mass is 16.1. The van der Waals surface area contributed by atoms with Crippen molar-refractivity contribution >= 4 is 5.78 Å². The molecule has 0 aliphatic heterocycles. The largest absolute Gasteiger partial charge is 0.319 e. The highest BCUT2D eigenvalue weighted by molar-refractivity contribution is 6.01. The molecule has 0 aliphatic rings. The third-order valence-electron chi connectivity index (χ3n) is 2.66. The predicted molar refractivity (Wildman–Crippen MR) is 55.0 cm³/mol. The van der Waals surface area contributed by atoms with E-state index in [1.54, 1.807) is 24.0 Å². The quantitative estimate of drug-likeness (QED) is 0.732. The molecule has 0 fully saturated rings. The summed E-state index contributed by atoms with van der Waals surface area (Å²) >= 11 is 0. The minimum absolute atomic E-state index is 0.0666. The molecule has 0 atom stereocenters. The van der Waals surface area contributed by atoms with E-state index in [1.807, 2.05) is 13.8 Å². The summed E-state index contributed by atoms with van der Waals surface area (Å²) in [7, 11) is 1.78. The van der Waals surface area contributed by atoms with Gasteiger partial charge in [0, 0.05) is 13.2 Å². The van der Waals surface area contributed by atoms with Gasteiger partial charge >= 0.3 is 0 Å². The first-order valence-corrected chi connectivity index (χ1v) is 4.87. The number of nitrogens with two attached hydrogens (primary N) is 1. The highest BCUT2D eigenvalue weighted by Crippen LogP contribution is 2.16. The van der Waals surface area contributed by atoms with E-state index in [-0.39, 0.29) is 5.78 Å². The zero-order valence-corrected chi connectivity index (χ0v) is 8.95. The normalized spacial score (nSPS) is 11.7. The molecule has 1 aromatic rings. The number of nitrogens with zero attached hydrogens (tertiary/aromatic N) is 2. The Morgan fingerprint density at radius 3 is 2.50 bits per heavy atom. The van der Waals surface area contributed by atoms with Crippen LogP contribution < -0.4 is 5.73 Å². The summed E-state index contributed by atoms with van der Waals surface area (Å²) < 4.78 is 1.61. The third-order valence-corrected chi connectivity index (χ3v) is 2.66. The van der Waals surface area contributed by atoms with Gasteiger partial charge in [0.15, 0.2) is 0 Å². The van der Waals surface area contributed by atoms with Gasteiger partial charge in [-0.2, -0.15) is 5.10 Å². The SMILES string of the molecule is CCC(N)(CC)C(=O)c1ccn(C)n1. The fourth-order valence-electron chi connectivity index (χ4n) is 1.36. The van der Waals surface area contributed by atoms with E-state index in [1.165, 1.54) is 0 Å². The summed E-state index contributed by atoms with van der Waals surface area (Å²) in [4.78, 5) is 11.9. The lowest BCUT2D eigenvalue weighted by Crippen LogP contribution is -2.47. The number of hydrogen-bond acceptors (Lipinski definition) is 3. The average molecular weight is 195 g/mol. The highest BCUT2D eigenvalue weighted by Gasteiger charge is 2.32. The van der Waals surface area contributed by atoms with E-state index >= 15 is 0 Å². The van der Waals surface area contributed by atoms with Crippen molar-refractivity contribution in [2.45, 2.75) is 32.2 Å². The van der Waals surface area contributed by atoms with Gasteiger partial charge in [-0.25, -0.2) is 0 Å². The Balaban J connectivity index is 2.94. The standard InChI is InChI=1S/C10H17N3O/c1-4-10(11,5-2)9(14)8-6-7-13(3)12-8/h6-7H,4-5,11H2,1-3H3. The van der Waals surface area contributed by atoms with Crippen LogP contribution in [0.25, 0.3) is 0 Å². The summed E-state index contributed by atoms with van der Waals surface area (Å²) in [5.41, 5.74) is 5.68. The second-order valence-corrected chi connectivity index (χ2v) is 3.57. The Bertz CT molecular complexity index is 326. The number of rotatable bonds is 4. The maximum atomic E-state index is 11.9. The first-order valence-electron chi connectivity index (χ1n) is 4.87. The van der Waals surface area contributed by atoms with E-state index in [0.29, 0.717) is 18.5 Å². The van der Waals surface area contributed by atoms with Crippen molar-refractivity contribution in [3.05, 3.63) is 18.0 Å². The Kier molecular flexibility index (Phi) is 3.06. The van der Waals surface area contributed by atoms with Crippen molar-refractivity contribution in [3.8, 4) is 0 Å². The van der Waals surface area contributed by atoms with Gasteiger partial charge in [-0.05, 0) is 18.9 Å². The second-order valence-electron chi connectivity index (χ2n) is 3.57. The molecule has 0 spiro atoms. The van der Waals surface area contributed by atoms with E-state index in [4.69, 9.17) is 5.73 Å². The van der Waals surface area contributed by atoms with E-state index in [9.17, 15) is 4.79 Å². The molecular weight excluding hydrogens is 178 g/mol. The Morgan fingerprint density at radius 2 is 2.14 bits per heavy atom. The van der Waals surface area contributed by atoms with Crippen LogP contribution in [0.3, 0.4) is 0 Å². The smallest absolute Gasteiger partial charge is 0.202 e. The van der Waals surface area contributed by atoms with Crippen molar-refractivity contribution in [2.75, 3.05) is 0 Å². The monoisotopic (exact) mass is 195 g/mol. The molecule has 14 heavy (non-hydrogen) atoms. The molecule has 1 rings (SSSR count). The van der Waals surface area contributed by atoms with Gasteiger partial charge in [-0.1, -0.05) is 13.8 Å². The molecule has 0 aliphatic carbocycles. The van der Waals surface area contributed by atoms with E-state index < -0.39 is 5.54 Å². The molecule has 0 amide bonds. The molecule has 0 saturated heterocycles. The van der Waals surface area contributed by atoms with Gasteiger partial charge in [-0.3, -0.25) is 9.48 Å². The summed E-state index contributed by atoms with van der Waals surface area (Å²) in [5, 5.41) is 4.06. The van der Waals surface area contributed by atoms with Crippen molar-refractivity contribution < 1.29 is 4.79 Å². The van der Waals surface area contributed by atoms with Crippen molar-refractivity contribution in [3.63, 3.8) is 0 Å². The van der Waals surface area contributed by atoms with Gasteiger partial charge in [0.2, 0.25) is 5.78 Å². The van der Waals surface area contributed by atoms with E-state index in [2.05, 4.69) is 5.10 Å². The van der Waals surface area contributed by atoms with Crippen LogP contribution in [0, 0.1) is 0 Å². The molecule has 2 N–H and O–H groups in total. The van der Waals surface area contributed by atoms with Gasteiger partial charge in [0.25, 0.3) is 0 Å². The molecule has 4 nitrogen and oxygen atoms in total. The van der Waals surface area contributed by atoms with Crippen molar-refractivity contribution in [2.24, 2.45) is 12.8 Å². The van der Waals surface area contributed by atoms with Crippen LogP contribution in [0.5, 0.6) is 0 Å². The number of aryl methyl sites for hydroxylation is 1. The molecule has 0 aromatic carbocycles. The molecule has 0 saturated carbocycles.